The van der Waals surface area contributed by atoms with Gasteiger partial charge in [-0.15, -0.1) is 0 Å². The predicted octanol–water partition coefficient (Wildman–Crippen LogP) is 7.55. The smallest absolute Gasteiger partial charge is 0.340 e. The second kappa shape index (κ2) is 10.1. The molecule has 0 radical (unpaired) electrons. The average Bonchev–Trinajstić information content (AvgIpc) is 3.38. The molecule has 0 saturated carbocycles. The van der Waals surface area contributed by atoms with Gasteiger partial charge in [0, 0.05) is 60.1 Å². The van der Waals surface area contributed by atoms with Crippen LogP contribution in [0.15, 0.2) is 97.1 Å². The number of benzene rings is 4. The van der Waals surface area contributed by atoms with Crippen LogP contribution in [0.2, 0.25) is 5.02 Å². The summed E-state index contributed by atoms with van der Waals surface area (Å²) < 4.78 is 24.3. The number of ether oxygens (including phenoxy) is 4. The van der Waals surface area contributed by atoms with Crippen molar-refractivity contribution in [2.75, 3.05) is 0 Å². The number of carbonyl (C=O) groups excluding carboxylic acids is 3. The van der Waals surface area contributed by atoms with Crippen LogP contribution >= 0.6 is 11.6 Å². The average molecular weight is 675 g/mol. The van der Waals surface area contributed by atoms with Crippen LogP contribution in [0.5, 0.6) is 23.0 Å². The van der Waals surface area contributed by atoms with Crippen molar-refractivity contribution in [2.45, 2.75) is 37.6 Å². The van der Waals surface area contributed by atoms with Crippen LogP contribution in [0.3, 0.4) is 0 Å². The van der Waals surface area contributed by atoms with E-state index in [1.807, 2.05) is 61.5 Å². The summed E-state index contributed by atoms with van der Waals surface area (Å²) >= 11 is 6.71. The van der Waals surface area contributed by atoms with Crippen molar-refractivity contribution in [1.29, 1.82) is 0 Å². The van der Waals surface area contributed by atoms with Crippen LogP contribution < -0.4 is 14.2 Å². The Morgan fingerprint density at radius 2 is 1.33 bits per heavy atom. The van der Waals surface area contributed by atoms with E-state index < -0.39 is 34.7 Å². The lowest BCUT2D eigenvalue weighted by atomic mass is 9.56. The van der Waals surface area contributed by atoms with Gasteiger partial charge in [-0.25, -0.2) is 14.6 Å². The van der Waals surface area contributed by atoms with Gasteiger partial charge in [0.2, 0.25) is 0 Å². The summed E-state index contributed by atoms with van der Waals surface area (Å²) in [7, 11) is 0. The summed E-state index contributed by atoms with van der Waals surface area (Å²) in [6.07, 6.45) is 8.16. The normalized spacial score (nSPS) is 27.6. The predicted molar refractivity (Wildman–Crippen MR) is 174 cm³/mol. The van der Waals surface area contributed by atoms with Gasteiger partial charge in [-0.3, -0.25) is 9.59 Å². The van der Waals surface area contributed by atoms with Crippen molar-refractivity contribution in [3.63, 3.8) is 0 Å². The molecule has 4 aromatic carbocycles. The molecule has 0 amide bonds. The summed E-state index contributed by atoms with van der Waals surface area (Å²) in [4.78, 5) is 51.2. The molecule has 0 N–H and O–H groups in total. The molecule has 4 aliphatic heterocycles. The lowest BCUT2D eigenvalue weighted by Crippen LogP contribution is -2.60. The molecule has 0 aromatic heterocycles. The molecule has 5 atom stereocenters. The van der Waals surface area contributed by atoms with Gasteiger partial charge in [-0.2, -0.15) is 0 Å². The molecular formula is C39H27ClO9. The molecule has 244 valence electrons. The molecular weight excluding hydrogens is 648 g/mol. The molecule has 9 nitrogen and oxygen atoms in total. The van der Waals surface area contributed by atoms with Gasteiger partial charge in [-0.1, -0.05) is 78.4 Å². The second-order valence-corrected chi connectivity index (χ2v) is 13.3. The van der Waals surface area contributed by atoms with Crippen molar-refractivity contribution in [3.8, 4) is 23.0 Å². The Kier molecular flexibility index (Phi) is 6.19. The second-order valence-electron chi connectivity index (χ2n) is 12.9. The van der Waals surface area contributed by atoms with Crippen LogP contribution in [0.25, 0.3) is 0 Å². The van der Waals surface area contributed by atoms with Gasteiger partial charge < -0.3 is 18.9 Å². The largest absolute Gasteiger partial charge is 0.456 e. The fourth-order valence-corrected chi connectivity index (χ4v) is 8.50. The molecule has 1 fully saturated rings. The van der Waals surface area contributed by atoms with Gasteiger partial charge in [0.05, 0.1) is 10.6 Å². The Morgan fingerprint density at radius 3 is 2.06 bits per heavy atom. The number of hydrogen-bond donors (Lipinski definition) is 0. The molecule has 5 unspecified atom stereocenters. The Balaban J connectivity index is 1.37. The highest BCUT2D eigenvalue weighted by Crippen LogP contribution is 2.66. The molecule has 1 spiro atoms. The van der Waals surface area contributed by atoms with E-state index in [-0.39, 0.29) is 39.9 Å². The van der Waals surface area contributed by atoms with Gasteiger partial charge in [-0.05, 0) is 36.2 Å². The number of allylic oxidation sites excluding steroid dienone is 2. The van der Waals surface area contributed by atoms with Crippen LogP contribution in [0.1, 0.15) is 64.5 Å². The van der Waals surface area contributed by atoms with Crippen molar-refractivity contribution >= 4 is 29.5 Å². The molecule has 6 aliphatic rings. The van der Waals surface area contributed by atoms with E-state index in [0.717, 1.165) is 11.1 Å². The Morgan fingerprint density at radius 1 is 0.714 bits per heavy atom. The zero-order chi connectivity index (χ0) is 33.9. The van der Waals surface area contributed by atoms with E-state index in [9.17, 15) is 14.4 Å². The van der Waals surface area contributed by atoms with Crippen LogP contribution in [-0.4, -0.2) is 17.9 Å². The summed E-state index contributed by atoms with van der Waals surface area (Å²) in [5, 5.41) is 0.114. The first-order valence-corrected chi connectivity index (χ1v) is 16.2. The van der Waals surface area contributed by atoms with E-state index in [1.54, 1.807) is 24.3 Å². The summed E-state index contributed by atoms with van der Waals surface area (Å²) in [6, 6.07) is 21.5. The lowest BCUT2D eigenvalue weighted by molar-refractivity contribution is -0.471. The van der Waals surface area contributed by atoms with Crippen LogP contribution in [0, 0.1) is 11.8 Å². The fourth-order valence-electron chi connectivity index (χ4n) is 8.30. The molecule has 10 rings (SSSR count). The number of fused-ring (bicyclic) bond motifs is 7. The third-order valence-electron chi connectivity index (χ3n) is 10.2. The number of esters is 3. The standard InChI is InChI=1S/C39H27ClO9/c1-20(41)44-32-18-33-28(16-29(32)39-26-14-8-6-12-24(26)37(3,48-49-39)25-13-7-9-15-27(25)39)38(23-11-5-4-10-22(23)36(43)47-38)30-17-31(40)35(45-21(2)42)19-34(30)46-33/h4-19,24,26H,1-3H3. The van der Waals surface area contributed by atoms with Crippen molar-refractivity contribution < 1.29 is 43.1 Å². The Labute approximate surface area is 285 Å². The van der Waals surface area contributed by atoms with E-state index in [1.165, 1.54) is 19.9 Å². The van der Waals surface area contributed by atoms with E-state index >= 15 is 0 Å². The maximum atomic E-state index is 13.7. The fraction of sp³-hybridized carbons (Fsp3) is 0.205. The number of rotatable bonds is 3. The molecule has 49 heavy (non-hydrogen) atoms. The first-order chi connectivity index (χ1) is 23.6. The Bertz CT molecular complexity index is 2240. The molecule has 4 aromatic rings. The van der Waals surface area contributed by atoms with Gasteiger partial charge >= 0.3 is 17.9 Å². The van der Waals surface area contributed by atoms with Crippen LogP contribution in [0.4, 0.5) is 0 Å². The first-order valence-electron chi connectivity index (χ1n) is 15.8. The van der Waals surface area contributed by atoms with Gasteiger partial charge in [0.25, 0.3) is 0 Å². The highest BCUT2D eigenvalue weighted by atomic mass is 35.5. The molecule has 2 bridgehead atoms. The summed E-state index contributed by atoms with van der Waals surface area (Å²) in [6.45, 7) is 4.59. The highest BCUT2D eigenvalue weighted by molar-refractivity contribution is 6.32. The van der Waals surface area contributed by atoms with Crippen molar-refractivity contribution in [2.24, 2.45) is 11.8 Å². The zero-order valence-corrected chi connectivity index (χ0v) is 27.2. The molecule has 4 heterocycles. The van der Waals surface area contributed by atoms with Crippen molar-refractivity contribution in [1.82, 2.24) is 0 Å². The number of halogens is 1. The number of carbonyl (C=O) groups is 3. The monoisotopic (exact) mass is 674 g/mol. The topological polar surface area (TPSA) is 107 Å². The van der Waals surface area contributed by atoms with Crippen molar-refractivity contribution in [3.05, 3.63) is 141 Å². The maximum Gasteiger partial charge on any atom is 0.340 e. The minimum atomic E-state index is -1.56. The summed E-state index contributed by atoms with van der Waals surface area (Å²) in [5.74, 6) is -1.40. The maximum absolute atomic E-state index is 13.7. The summed E-state index contributed by atoms with van der Waals surface area (Å²) in [5.41, 5.74) is 0.383. The van der Waals surface area contributed by atoms with Gasteiger partial charge in [0.1, 0.15) is 22.8 Å². The van der Waals surface area contributed by atoms with Gasteiger partial charge in [0.15, 0.2) is 17.0 Å². The van der Waals surface area contributed by atoms with Crippen LogP contribution in [-0.2, 0) is 40.9 Å². The van der Waals surface area contributed by atoms with E-state index in [0.29, 0.717) is 27.8 Å². The molecule has 10 heteroatoms. The lowest BCUT2D eigenvalue weighted by Gasteiger charge is -2.59. The third-order valence-corrected chi connectivity index (χ3v) is 10.5. The zero-order valence-electron chi connectivity index (χ0n) is 26.4. The quantitative estimate of drug-likeness (QED) is 0.124. The highest BCUT2D eigenvalue weighted by Gasteiger charge is 2.65. The Hall–Kier alpha value is -5.22. The van der Waals surface area contributed by atoms with E-state index in [2.05, 4.69) is 12.2 Å². The molecule has 1 saturated heterocycles. The molecule has 2 aliphatic carbocycles. The van der Waals surface area contributed by atoms with E-state index in [4.69, 9.17) is 40.3 Å². The minimum Gasteiger partial charge on any atom is -0.456 e. The first kappa shape index (κ1) is 29.9. The minimum absolute atomic E-state index is 0.0673. The third kappa shape index (κ3) is 3.86. The number of hydrogen-bond acceptors (Lipinski definition) is 9. The SMILES string of the molecule is CC(=O)Oc1cc2c(cc1Cl)C1(OC(=O)c3ccccc31)c1cc(C34OOC(C)(c5ccccc53)C3C=CC=CC34)c(OC(C)=O)cc1O2.